The number of aryl methyl sites for hydroxylation is 1. The molecule has 2 aromatic carbocycles. The van der Waals surface area contributed by atoms with E-state index in [4.69, 9.17) is 11.6 Å². The fraction of sp³-hybridized carbons (Fsp3) is 0.263. The predicted octanol–water partition coefficient (Wildman–Crippen LogP) is 2.92. The molecule has 0 unspecified atom stereocenters. The molecule has 0 fully saturated rings. The number of hydrogen-bond acceptors (Lipinski definition) is 4. The van der Waals surface area contributed by atoms with Gasteiger partial charge in [-0.2, -0.15) is 0 Å². The van der Waals surface area contributed by atoms with Gasteiger partial charge >= 0.3 is 6.03 Å². The Morgan fingerprint density at radius 2 is 1.96 bits per heavy atom. The number of nitrogens with zero attached hydrogens (tertiary/aromatic N) is 4. The number of rotatable bonds is 5. The predicted molar refractivity (Wildman–Crippen MR) is 109 cm³/mol. The number of urea groups is 1. The van der Waals surface area contributed by atoms with Gasteiger partial charge in [-0.3, -0.25) is 4.79 Å². The lowest BCUT2D eigenvalue weighted by molar-refractivity contribution is 0.0827. The van der Waals surface area contributed by atoms with Crippen LogP contribution in [0.4, 0.5) is 10.5 Å². The SMILES string of the molecule is Cc1ccc(NC(=O)NCCn2nnc3cc(C(=O)N(C)C)ccc32)c(Cl)c1. The summed E-state index contributed by atoms with van der Waals surface area (Å²) in [6, 6.07) is 10.3. The van der Waals surface area contributed by atoms with Crippen molar-refractivity contribution in [2.45, 2.75) is 13.5 Å². The van der Waals surface area contributed by atoms with Crippen LogP contribution in [0.15, 0.2) is 36.4 Å². The molecule has 0 aliphatic heterocycles. The zero-order chi connectivity index (χ0) is 20.3. The molecule has 8 nitrogen and oxygen atoms in total. The van der Waals surface area contributed by atoms with Gasteiger partial charge in [-0.05, 0) is 42.8 Å². The van der Waals surface area contributed by atoms with Crippen molar-refractivity contribution >= 4 is 40.3 Å². The third kappa shape index (κ3) is 4.40. The highest BCUT2D eigenvalue weighted by Gasteiger charge is 2.12. The Morgan fingerprint density at radius 1 is 1.18 bits per heavy atom. The van der Waals surface area contributed by atoms with Crippen molar-refractivity contribution in [3.8, 4) is 0 Å². The van der Waals surface area contributed by atoms with E-state index in [1.54, 1.807) is 49.1 Å². The van der Waals surface area contributed by atoms with Crippen LogP contribution in [0, 0.1) is 6.92 Å². The van der Waals surface area contributed by atoms with Gasteiger partial charge in [0, 0.05) is 26.2 Å². The molecule has 0 aliphatic rings. The molecule has 0 bridgehead atoms. The Kier molecular flexibility index (Phi) is 5.79. The van der Waals surface area contributed by atoms with Gasteiger partial charge in [-0.15, -0.1) is 5.10 Å². The Labute approximate surface area is 167 Å². The first-order valence-electron chi connectivity index (χ1n) is 8.71. The quantitative estimate of drug-likeness (QED) is 0.688. The van der Waals surface area contributed by atoms with E-state index in [0.29, 0.717) is 34.9 Å². The van der Waals surface area contributed by atoms with Gasteiger partial charge in [0.2, 0.25) is 0 Å². The van der Waals surface area contributed by atoms with Crippen LogP contribution < -0.4 is 10.6 Å². The fourth-order valence-electron chi connectivity index (χ4n) is 2.69. The summed E-state index contributed by atoms with van der Waals surface area (Å²) in [7, 11) is 3.40. The van der Waals surface area contributed by atoms with Crippen molar-refractivity contribution in [2.24, 2.45) is 0 Å². The second kappa shape index (κ2) is 8.26. The monoisotopic (exact) mass is 400 g/mol. The fourth-order valence-corrected chi connectivity index (χ4v) is 2.97. The third-order valence-electron chi connectivity index (χ3n) is 4.15. The van der Waals surface area contributed by atoms with Gasteiger partial charge in [-0.1, -0.05) is 22.9 Å². The molecule has 9 heteroatoms. The van der Waals surface area contributed by atoms with Crippen molar-refractivity contribution in [1.82, 2.24) is 25.2 Å². The number of carbonyl (C=O) groups excluding carboxylic acids is 2. The molecule has 1 heterocycles. The Morgan fingerprint density at radius 3 is 2.68 bits per heavy atom. The number of aromatic nitrogens is 3. The number of halogens is 1. The summed E-state index contributed by atoms with van der Waals surface area (Å²) >= 11 is 6.12. The normalized spacial score (nSPS) is 10.7. The highest BCUT2D eigenvalue weighted by Crippen LogP contribution is 2.22. The molecule has 146 valence electrons. The summed E-state index contributed by atoms with van der Waals surface area (Å²) in [5.74, 6) is -0.0930. The second-order valence-electron chi connectivity index (χ2n) is 6.58. The van der Waals surface area contributed by atoms with Crippen LogP contribution in [-0.2, 0) is 6.54 Å². The molecular formula is C19H21ClN6O2. The zero-order valence-corrected chi connectivity index (χ0v) is 16.6. The van der Waals surface area contributed by atoms with Crippen molar-refractivity contribution in [3.63, 3.8) is 0 Å². The number of carbonyl (C=O) groups is 2. The summed E-state index contributed by atoms with van der Waals surface area (Å²) in [4.78, 5) is 25.6. The number of hydrogen-bond donors (Lipinski definition) is 2. The molecule has 0 saturated heterocycles. The lowest BCUT2D eigenvalue weighted by Crippen LogP contribution is -2.31. The van der Waals surface area contributed by atoms with Crippen molar-refractivity contribution in [2.75, 3.05) is 26.0 Å². The van der Waals surface area contributed by atoms with Gasteiger partial charge in [-0.25, -0.2) is 9.48 Å². The van der Waals surface area contributed by atoms with Crippen LogP contribution in [-0.4, -0.2) is 52.5 Å². The molecule has 0 spiro atoms. The maximum absolute atomic E-state index is 12.1. The standard InChI is InChI=1S/C19H21ClN6O2/c1-12-4-6-15(14(20)10-12)22-19(28)21-8-9-26-17-7-5-13(18(27)25(2)3)11-16(17)23-24-26/h4-7,10-11H,8-9H2,1-3H3,(H2,21,22,28). The average molecular weight is 401 g/mol. The molecule has 2 N–H and O–H groups in total. The largest absolute Gasteiger partial charge is 0.345 e. The van der Waals surface area contributed by atoms with E-state index in [1.165, 1.54) is 4.90 Å². The van der Waals surface area contributed by atoms with Gasteiger partial charge in [0.15, 0.2) is 0 Å². The number of nitrogens with one attached hydrogen (secondary N) is 2. The molecule has 28 heavy (non-hydrogen) atoms. The minimum Gasteiger partial charge on any atom is -0.345 e. The van der Waals surface area contributed by atoms with E-state index in [2.05, 4.69) is 20.9 Å². The van der Waals surface area contributed by atoms with Gasteiger partial charge in [0.1, 0.15) is 5.52 Å². The van der Waals surface area contributed by atoms with E-state index in [1.807, 2.05) is 13.0 Å². The maximum Gasteiger partial charge on any atom is 0.319 e. The van der Waals surface area contributed by atoms with E-state index >= 15 is 0 Å². The summed E-state index contributed by atoms with van der Waals surface area (Å²) in [6.45, 7) is 2.72. The molecular weight excluding hydrogens is 380 g/mol. The van der Waals surface area contributed by atoms with Crippen LogP contribution in [0.1, 0.15) is 15.9 Å². The van der Waals surface area contributed by atoms with Crippen LogP contribution in [0.25, 0.3) is 11.0 Å². The molecule has 0 saturated carbocycles. The van der Waals surface area contributed by atoms with E-state index < -0.39 is 0 Å². The Hall–Kier alpha value is -3.13. The van der Waals surface area contributed by atoms with Gasteiger partial charge < -0.3 is 15.5 Å². The van der Waals surface area contributed by atoms with Crippen molar-refractivity contribution in [3.05, 3.63) is 52.5 Å². The molecule has 0 radical (unpaired) electrons. The molecule has 0 atom stereocenters. The smallest absolute Gasteiger partial charge is 0.319 e. The average Bonchev–Trinajstić information content (AvgIpc) is 3.05. The molecule has 3 rings (SSSR count). The second-order valence-corrected chi connectivity index (χ2v) is 6.99. The topological polar surface area (TPSA) is 92.1 Å². The van der Waals surface area contributed by atoms with Crippen LogP contribution in [0.3, 0.4) is 0 Å². The summed E-state index contributed by atoms with van der Waals surface area (Å²) in [5, 5.41) is 14.2. The van der Waals surface area contributed by atoms with Crippen molar-refractivity contribution < 1.29 is 9.59 Å². The number of anilines is 1. The highest BCUT2D eigenvalue weighted by atomic mass is 35.5. The van der Waals surface area contributed by atoms with E-state index in [0.717, 1.165) is 11.1 Å². The maximum atomic E-state index is 12.1. The zero-order valence-electron chi connectivity index (χ0n) is 15.9. The summed E-state index contributed by atoms with van der Waals surface area (Å²) in [5.41, 5.74) is 3.54. The van der Waals surface area contributed by atoms with Gasteiger partial charge in [0.25, 0.3) is 5.91 Å². The van der Waals surface area contributed by atoms with Crippen molar-refractivity contribution in [1.29, 1.82) is 0 Å². The van der Waals surface area contributed by atoms with Crippen LogP contribution in [0.2, 0.25) is 5.02 Å². The molecule has 1 aromatic heterocycles. The lowest BCUT2D eigenvalue weighted by Gasteiger charge is -2.10. The first-order chi connectivity index (χ1) is 13.3. The van der Waals surface area contributed by atoms with E-state index in [-0.39, 0.29) is 11.9 Å². The lowest BCUT2D eigenvalue weighted by atomic mass is 10.2. The number of fused-ring (bicyclic) bond motifs is 1. The number of benzene rings is 2. The minimum absolute atomic E-state index is 0.0930. The van der Waals surface area contributed by atoms with Gasteiger partial charge in [0.05, 0.1) is 22.8 Å². The summed E-state index contributed by atoms with van der Waals surface area (Å²) < 4.78 is 1.68. The number of amides is 3. The molecule has 3 amide bonds. The Bertz CT molecular complexity index is 1030. The van der Waals surface area contributed by atoms with Crippen LogP contribution in [0.5, 0.6) is 0 Å². The molecule has 3 aromatic rings. The van der Waals surface area contributed by atoms with E-state index in [9.17, 15) is 9.59 Å². The summed E-state index contributed by atoms with van der Waals surface area (Å²) in [6.07, 6.45) is 0. The minimum atomic E-state index is -0.353. The highest BCUT2D eigenvalue weighted by molar-refractivity contribution is 6.33. The first-order valence-corrected chi connectivity index (χ1v) is 9.09. The molecule has 0 aliphatic carbocycles. The first kappa shape index (κ1) is 19.6. The Balaban J connectivity index is 1.59. The van der Waals surface area contributed by atoms with Crippen LogP contribution >= 0.6 is 11.6 Å². The third-order valence-corrected chi connectivity index (χ3v) is 4.46.